The van der Waals surface area contributed by atoms with Crippen LogP contribution in [0.4, 0.5) is 10.3 Å². The molecule has 0 aliphatic carbocycles. The van der Waals surface area contributed by atoms with E-state index in [9.17, 15) is 9.18 Å². The Labute approximate surface area is 144 Å². The topological polar surface area (TPSA) is 79.2 Å². The molecule has 0 unspecified atom stereocenters. The first-order valence-corrected chi connectivity index (χ1v) is 7.99. The van der Waals surface area contributed by atoms with Gasteiger partial charge in [-0.05, 0) is 18.2 Å². The first-order chi connectivity index (χ1) is 12.2. The molecule has 130 valence electrons. The Hall–Kier alpha value is -2.93. The molecule has 0 spiro atoms. The van der Waals surface area contributed by atoms with Crippen LogP contribution in [0.5, 0.6) is 0 Å². The number of nitrogens with one attached hydrogen (secondary N) is 2. The third kappa shape index (κ3) is 3.95. The van der Waals surface area contributed by atoms with Gasteiger partial charge in [-0.2, -0.15) is 0 Å². The summed E-state index contributed by atoms with van der Waals surface area (Å²) in [6, 6.07) is 13.8. The number of hydrogen-bond donors (Lipinski definition) is 3. The molecule has 6 nitrogen and oxygen atoms in total. The highest BCUT2D eigenvalue weighted by atomic mass is 19.1. The fourth-order valence-corrected chi connectivity index (χ4v) is 2.57. The van der Waals surface area contributed by atoms with Crippen LogP contribution < -0.4 is 10.6 Å². The largest absolute Gasteiger partial charge is 0.395 e. The molecule has 3 N–H and O–H groups in total. The van der Waals surface area contributed by atoms with Gasteiger partial charge < -0.3 is 20.3 Å². The lowest BCUT2D eigenvalue weighted by molar-refractivity contribution is -0.121. The Morgan fingerprint density at radius 2 is 1.92 bits per heavy atom. The number of hydrogen-bond acceptors (Lipinski definition) is 4. The fraction of sp³-hybridized carbons (Fsp3) is 0.222. The third-order valence-electron chi connectivity index (χ3n) is 3.79. The van der Waals surface area contributed by atoms with Gasteiger partial charge in [-0.3, -0.25) is 4.79 Å². The minimum Gasteiger partial charge on any atom is -0.395 e. The Balaban J connectivity index is 1.74. The van der Waals surface area contributed by atoms with Crippen molar-refractivity contribution in [2.75, 3.05) is 18.5 Å². The Kier molecular flexibility index (Phi) is 5.25. The standard InChI is InChI=1S/C18H19FN4O2/c19-14-6-2-1-5-13(14)11-21-17(25)12-23-16-8-4-3-7-15(16)22-18(23)20-9-10-24/h1-8,24H,9-12H2,(H,20,22)(H,21,25). The number of carbonyl (C=O) groups is 1. The second-order valence-corrected chi connectivity index (χ2v) is 5.53. The number of para-hydroxylation sites is 2. The fourth-order valence-electron chi connectivity index (χ4n) is 2.57. The molecular weight excluding hydrogens is 323 g/mol. The maximum absolute atomic E-state index is 13.6. The van der Waals surface area contributed by atoms with Gasteiger partial charge in [-0.25, -0.2) is 9.37 Å². The maximum atomic E-state index is 13.6. The van der Waals surface area contributed by atoms with Gasteiger partial charge in [0.2, 0.25) is 11.9 Å². The lowest BCUT2D eigenvalue weighted by Crippen LogP contribution is -2.28. The van der Waals surface area contributed by atoms with Gasteiger partial charge in [0.05, 0.1) is 17.6 Å². The predicted molar refractivity (Wildman–Crippen MR) is 93.6 cm³/mol. The molecule has 0 saturated heterocycles. The molecule has 0 saturated carbocycles. The van der Waals surface area contributed by atoms with E-state index in [0.717, 1.165) is 11.0 Å². The number of amides is 1. The van der Waals surface area contributed by atoms with Crippen LogP contribution in [0.1, 0.15) is 5.56 Å². The number of carbonyl (C=O) groups excluding carboxylic acids is 1. The summed E-state index contributed by atoms with van der Waals surface area (Å²) in [5, 5.41) is 14.7. The normalized spacial score (nSPS) is 10.8. The van der Waals surface area contributed by atoms with E-state index < -0.39 is 0 Å². The zero-order valence-electron chi connectivity index (χ0n) is 13.6. The van der Waals surface area contributed by atoms with Crippen molar-refractivity contribution >= 4 is 22.9 Å². The van der Waals surface area contributed by atoms with Crippen molar-refractivity contribution in [2.45, 2.75) is 13.1 Å². The number of nitrogens with zero attached hydrogens (tertiary/aromatic N) is 2. The van der Waals surface area contributed by atoms with Gasteiger partial charge in [0, 0.05) is 18.7 Å². The smallest absolute Gasteiger partial charge is 0.240 e. The number of benzene rings is 2. The summed E-state index contributed by atoms with van der Waals surface area (Å²) in [6.45, 7) is 0.461. The summed E-state index contributed by atoms with van der Waals surface area (Å²) in [6.07, 6.45) is 0. The second kappa shape index (κ2) is 7.76. The molecule has 0 radical (unpaired) electrons. The molecule has 0 bridgehead atoms. The molecule has 3 rings (SSSR count). The first kappa shape index (κ1) is 16.9. The molecule has 1 heterocycles. The highest BCUT2D eigenvalue weighted by Crippen LogP contribution is 2.19. The van der Waals surface area contributed by atoms with Crippen LogP contribution in [0.25, 0.3) is 11.0 Å². The number of imidazole rings is 1. The van der Waals surface area contributed by atoms with Crippen molar-refractivity contribution in [3.63, 3.8) is 0 Å². The van der Waals surface area contributed by atoms with Crippen molar-refractivity contribution in [3.05, 3.63) is 59.9 Å². The van der Waals surface area contributed by atoms with Gasteiger partial charge in [0.15, 0.2) is 0 Å². The zero-order valence-corrected chi connectivity index (χ0v) is 13.6. The average molecular weight is 342 g/mol. The van der Waals surface area contributed by atoms with Crippen LogP contribution in [-0.2, 0) is 17.9 Å². The number of aromatic nitrogens is 2. The Bertz CT molecular complexity index is 878. The van der Waals surface area contributed by atoms with Gasteiger partial charge in [0.1, 0.15) is 12.4 Å². The first-order valence-electron chi connectivity index (χ1n) is 7.99. The van der Waals surface area contributed by atoms with Crippen LogP contribution in [-0.4, -0.2) is 33.7 Å². The molecule has 2 aromatic carbocycles. The third-order valence-corrected chi connectivity index (χ3v) is 3.79. The molecule has 1 amide bonds. The van der Waals surface area contributed by atoms with Gasteiger partial charge in [0.25, 0.3) is 0 Å². The number of anilines is 1. The average Bonchev–Trinajstić information content (AvgIpc) is 2.97. The number of aliphatic hydroxyl groups is 1. The molecule has 0 atom stereocenters. The van der Waals surface area contributed by atoms with Crippen LogP contribution in [0.3, 0.4) is 0 Å². The summed E-state index contributed by atoms with van der Waals surface area (Å²) in [7, 11) is 0. The number of fused-ring (bicyclic) bond motifs is 1. The monoisotopic (exact) mass is 342 g/mol. The summed E-state index contributed by atoms with van der Waals surface area (Å²) in [4.78, 5) is 16.7. The number of halogens is 1. The van der Waals surface area contributed by atoms with E-state index in [1.54, 1.807) is 22.8 Å². The molecule has 25 heavy (non-hydrogen) atoms. The van der Waals surface area contributed by atoms with Gasteiger partial charge in [-0.1, -0.05) is 30.3 Å². The highest BCUT2D eigenvalue weighted by molar-refractivity contribution is 5.83. The van der Waals surface area contributed by atoms with E-state index in [0.29, 0.717) is 18.1 Å². The molecular formula is C18H19FN4O2. The van der Waals surface area contributed by atoms with Crippen LogP contribution >= 0.6 is 0 Å². The molecule has 0 aliphatic heterocycles. The van der Waals surface area contributed by atoms with Crippen molar-refractivity contribution in [1.82, 2.24) is 14.9 Å². The summed E-state index contributed by atoms with van der Waals surface area (Å²) in [5.41, 5.74) is 2.00. The predicted octanol–water partition coefficient (Wildman–Crippen LogP) is 1.90. The molecule has 1 aromatic heterocycles. The molecule has 0 aliphatic rings. The van der Waals surface area contributed by atoms with Crippen molar-refractivity contribution in [2.24, 2.45) is 0 Å². The molecule has 3 aromatic rings. The lowest BCUT2D eigenvalue weighted by atomic mass is 10.2. The SMILES string of the molecule is O=C(Cn1c(NCCO)nc2ccccc21)NCc1ccccc1F. The van der Waals surface area contributed by atoms with E-state index in [4.69, 9.17) is 5.11 Å². The summed E-state index contributed by atoms with van der Waals surface area (Å²) >= 11 is 0. The Morgan fingerprint density at radius 1 is 1.16 bits per heavy atom. The van der Waals surface area contributed by atoms with E-state index in [1.165, 1.54) is 6.07 Å². The molecule has 0 fully saturated rings. The van der Waals surface area contributed by atoms with Crippen LogP contribution in [0.2, 0.25) is 0 Å². The van der Waals surface area contributed by atoms with E-state index in [1.807, 2.05) is 24.3 Å². The minimum atomic E-state index is -0.346. The second-order valence-electron chi connectivity index (χ2n) is 5.53. The van der Waals surface area contributed by atoms with Crippen molar-refractivity contribution in [3.8, 4) is 0 Å². The van der Waals surface area contributed by atoms with E-state index in [-0.39, 0.29) is 31.4 Å². The van der Waals surface area contributed by atoms with Gasteiger partial charge in [-0.15, -0.1) is 0 Å². The van der Waals surface area contributed by atoms with E-state index >= 15 is 0 Å². The summed E-state index contributed by atoms with van der Waals surface area (Å²) < 4.78 is 15.4. The van der Waals surface area contributed by atoms with Crippen molar-refractivity contribution < 1.29 is 14.3 Å². The van der Waals surface area contributed by atoms with Crippen LogP contribution in [0.15, 0.2) is 48.5 Å². The van der Waals surface area contributed by atoms with Gasteiger partial charge >= 0.3 is 0 Å². The van der Waals surface area contributed by atoms with Crippen LogP contribution in [0, 0.1) is 5.82 Å². The Morgan fingerprint density at radius 3 is 2.72 bits per heavy atom. The summed E-state index contributed by atoms with van der Waals surface area (Å²) in [5.74, 6) is -0.0871. The lowest BCUT2D eigenvalue weighted by Gasteiger charge is -2.11. The zero-order chi connectivity index (χ0) is 17.6. The quantitative estimate of drug-likeness (QED) is 0.613. The number of aliphatic hydroxyl groups excluding tert-OH is 1. The number of rotatable bonds is 7. The maximum Gasteiger partial charge on any atom is 0.240 e. The highest BCUT2D eigenvalue weighted by Gasteiger charge is 2.13. The molecule has 7 heteroatoms. The van der Waals surface area contributed by atoms with E-state index in [2.05, 4.69) is 15.6 Å². The van der Waals surface area contributed by atoms with Crippen molar-refractivity contribution in [1.29, 1.82) is 0 Å². The minimum absolute atomic E-state index is 0.0390.